The first-order valence-electron chi connectivity index (χ1n) is 5.36. The van der Waals surface area contributed by atoms with Crippen molar-refractivity contribution in [2.75, 3.05) is 0 Å². The van der Waals surface area contributed by atoms with Gasteiger partial charge in [-0.15, -0.1) is 11.3 Å². The van der Waals surface area contributed by atoms with Crippen molar-refractivity contribution in [3.8, 4) is 5.75 Å². The lowest BCUT2D eigenvalue weighted by Crippen LogP contribution is -2.28. The largest absolute Gasteiger partial charge is 0.435 e. The van der Waals surface area contributed by atoms with Crippen LogP contribution in [0.5, 0.6) is 5.75 Å². The van der Waals surface area contributed by atoms with E-state index in [2.05, 4.69) is 10.2 Å². The van der Waals surface area contributed by atoms with Gasteiger partial charge in [0.15, 0.2) is 0 Å². The summed E-state index contributed by atoms with van der Waals surface area (Å²) in [6.07, 6.45) is 0. The Labute approximate surface area is 117 Å². The van der Waals surface area contributed by atoms with E-state index in [0.717, 1.165) is 10.4 Å². The van der Waals surface area contributed by atoms with E-state index in [9.17, 15) is 8.78 Å². The molecule has 2 aromatic rings. The molecule has 1 heterocycles. The summed E-state index contributed by atoms with van der Waals surface area (Å²) in [7, 11) is 0. The molecule has 19 heavy (non-hydrogen) atoms. The summed E-state index contributed by atoms with van der Waals surface area (Å²) in [4.78, 5) is 0.890. The second-order valence-corrected chi connectivity index (χ2v) is 5.44. The second kappa shape index (κ2) is 6.29. The Morgan fingerprint density at radius 1 is 1.26 bits per heavy atom. The first-order chi connectivity index (χ1) is 9.10. The lowest BCUT2D eigenvalue weighted by atomic mass is 10.1. The van der Waals surface area contributed by atoms with Crippen LogP contribution in [-0.4, -0.2) is 6.61 Å². The standard InChI is InChI=1S/C12H11ClF2N2OS/c13-10-5-4-9(19-10)11(17-16)7-2-1-3-8(6-7)18-12(14)15/h1-6,11-12,17H,16H2. The Balaban J connectivity index is 2.28. The van der Waals surface area contributed by atoms with Gasteiger partial charge in [-0.05, 0) is 29.8 Å². The van der Waals surface area contributed by atoms with Crippen molar-refractivity contribution in [2.45, 2.75) is 12.7 Å². The second-order valence-electron chi connectivity index (χ2n) is 3.69. The molecule has 0 aliphatic heterocycles. The van der Waals surface area contributed by atoms with E-state index in [-0.39, 0.29) is 11.8 Å². The highest BCUT2D eigenvalue weighted by Crippen LogP contribution is 2.31. The van der Waals surface area contributed by atoms with Gasteiger partial charge in [-0.3, -0.25) is 5.84 Å². The lowest BCUT2D eigenvalue weighted by Gasteiger charge is -2.15. The van der Waals surface area contributed by atoms with Crippen LogP contribution in [0.1, 0.15) is 16.5 Å². The maximum atomic E-state index is 12.2. The molecule has 102 valence electrons. The average Bonchev–Trinajstić information content (AvgIpc) is 2.76. The zero-order chi connectivity index (χ0) is 13.8. The van der Waals surface area contributed by atoms with Crippen molar-refractivity contribution in [3.05, 3.63) is 51.2 Å². The van der Waals surface area contributed by atoms with Crippen LogP contribution >= 0.6 is 22.9 Å². The van der Waals surface area contributed by atoms with Gasteiger partial charge in [0.05, 0.1) is 10.4 Å². The molecule has 1 aromatic carbocycles. The topological polar surface area (TPSA) is 47.3 Å². The number of hydrogen-bond acceptors (Lipinski definition) is 4. The van der Waals surface area contributed by atoms with E-state index in [0.29, 0.717) is 4.34 Å². The highest BCUT2D eigenvalue weighted by atomic mass is 35.5. The molecule has 7 heteroatoms. The molecular weight excluding hydrogens is 294 g/mol. The van der Waals surface area contributed by atoms with Crippen molar-refractivity contribution >= 4 is 22.9 Å². The molecule has 0 radical (unpaired) electrons. The minimum Gasteiger partial charge on any atom is -0.435 e. The summed E-state index contributed by atoms with van der Waals surface area (Å²) in [6, 6.07) is 9.65. The summed E-state index contributed by atoms with van der Waals surface area (Å²) in [6.45, 7) is -2.85. The minimum atomic E-state index is -2.85. The van der Waals surface area contributed by atoms with E-state index in [1.807, 2.05) is 6.07 Å². The van der Waals surface area contributed by atoms with Gasteiger partial charge in [-0.2, -0.15) is 8.78 Å². The number of thiophene rings is 1. The number of alkyl halides is 2. The van der Waals surface area contributed by atoms with Crippen molar-refractivity contribution in [2.24, 2.45) is 5.84 Å². The third kappa shape index (κ3) is 3.63. The Bertz CT molecular complexity index is 550. The van der Waals surface area contributed by atoms with Gasteiger partial charge in [0, 0.05) is 4.88 Å². The van der Waals surface area contributed by atoms with E-state index in [1.54, 1.807) is 18.2 Å². The zero-order valence-corrected chi connectivity index (χ0v) is 11.2. The van der Waals surface area contributed by atoms with Gasteiger partial charge in [-0.25, -0.2) is 5.43 Å². The number of halogens is 3. The van der Waals surface area contributed by atoms with Gasteiger partial charge in [-0.1, -0.05) is 23.7 Å². The van der Waals surface area contributed by atoms with E-state index < -0.39 is 6.61 Å². The van der Waals surface area contributed by atoms with Crippen molar-refractivity contribution < 1.29 is 13.5 Å². The number of ether oxygens (including phenoxy) is 1. The fourth-order valence-corrected chi connectivity index (χ4v) is 2.85. The third-order valence-electron chi connectivity index (χ3n) is 2.46. The molecule has 0 saturated heterocycles. The van der Waals surface area contributed by atoms with Crippen LogP contribution in [0.4, 0.5) is 8.78 Å². The van der Waals surface area contributed by atoms with E-state index in [4.69, 9.17) is 17.4 Å². The molecule has 0 aliphatic carbocycles. The minimum absolute atomic E-state index is 0.0930. The Hall–Kier alpha value is -1.21. The summed E-state index contributed by atoms with van der Waals surface area (Å²) in [5.74, 6) is 5.61. The van der Waals surface area contributed by atoms with Gasteiger partial charge >= 0.3 is 6.61 Å². The molecule has 0 aliphatic rings. The number of nitrogens with one attached hydrogen (secondary N) is 1. The van der Waals surface area contributed by atoms with Gasteiger partial charge in [0.2, 0.25) is 0 Å². The van der Waals surface area contributed by atoms with Gasteiger partial charge < -0.3 is 4.74 Å². The number of hydrazine groups is 1. The molecule has 0 spiro atoms. The highest BCUT2D eigenvalue weighted by Gasteiger charge is 2.16. The average molecular weight is 305 g/mol. The van der Waals surface area contributed by atoms with Gasteiger partial charge in [0.1, 0.15) is 5.75 Å². The lowest BCUT2D eigenvalue weighted by molar-refractivity contribution is -0.0498. The fourth-order valence-electron chi connectivity index (χ4n) is 1.70. The highest BCUT2D eigenvalue weighted by molar-refractivity contribution is 7.16. The number of rotatable bonds is 5. The molecule has 1 atom stereocenters. The number of nitrogens with two attached hydrogens (primary N) is 1. The molecule has 1 aromatic heterocycles. The molecule has 1 unspecified atom stereocenters. The third-order valence-corrected chi connectivity index (χ3v) is 3.76. The molecular formula is C12H11ClF2N2OS. The van der Waals surface area contributed by atoms with Crippen LogP contribution in [0.2, 0.25) is 4.34 Å². The van der Waals surface area contributed by atoms with E-state index in [1.165, 1.54) is 23.5 Å². The zero-order valence-electron chi connectivity index (χ0n) is 9.65. The fraction of sp³-hybridized carbons (Fsp3) is 0.167. The Morgan fingerprint density at radius 2 is 2.05 bits per heavy atom. The first kappa shape index (κ1) is 14.2. The van der Waals surface area contributed by atoms with Crippen LogP contribution in [0, 0.1) is 0 Å². The molecule has 0 fully saturated rings. The summed E-state index contributed by atoms with van der Waals surface area (Å²) in [5.41, 5.74) is 3.36. The first-order valence-corrected chi connectivity index (χ1v) is 6.55. The number of hydrogen-bond donors (Lipinski definition) is 2. The van der Waals surface area contributed by atoms with Crippen LogP contribution < -0.4 is 16.0 Å². The smallest absolute Gasteiger partial charge is 0.387 e. The van der Waals surface area contributed by atoms with Crippen LogP contribution in [0.25, 0.3) is 0 Å². The van der Waals surface area contributed by atoms with Gasteiger partial charge in [0.25, 0.3) is 0 Å². The quantitative estimate of drug-likeness (QED) is 0.656. The normalized spacial score (nSPS) is 12.7. The summed E-state index contributed by atoms with van der Waals surface area (Å²) >= 11 is 7.24. The molecule has 0 saturated carbocycles. The van der Waals surface area contributed by atoms with Crippen molar-refractivity contribution in [3.63, 3.8) is 0 Å². The van der Waals surface area contributed by atoms with Crippen molar-refractivity contribution in [1.29, 1.82) is 0 Å². The Morgan fingerprint density at radius 3 is 2.63 bits per heavy atom. The predicted molar refractivity (Wildman–Crippen MR) is 71.6 cm³/mol. The number of benzene rings is 1. The van der Waals surface area contributed by atoms with E-state index >= 15 is 0 Å². The SMILES string of the molecule is NNC(c1cccc(OC(F)F)c1)c1ccc(Cl)s1. The summed E-state index contributed by atoms with van der Waals surface area (Å²) in [5, 5.41) is 0. The predicted octanol–water partition coefficient (Wildman–Crippen LogP) is 3.56. The molecule has 0 amide bonds. The van der Waals surface area contributed by atoms with Crippen LogP contribution in [0.3, 0.4) is 0 Å². The van der Waals surface area contributed by atoms with Crippen LogP contribution in [0.15, 0.2) is 36.4 Å². The molecule has 3 nitrogen and oxygen atoms in total. The monoisotopic (exact) mass is 304 g/mol. The maximum absolute atomic E-state index is 12.2. The molecule has 2 rings (SSSR count). The maximum Gasteiger partial charge on any atom is 0.387 e. The van der Waals surface area contributed by atoms with Crippen LogP contribution in [-0.2, 0) is 0 Å². The van der Waals surface area contributed by atoms with Crippen molar-refractivity contribution in [1.82, 2.24) is 5.43 Å². The summed E-state index contributed by atoms with van der Waals surface area (Å²) < 4.78 is 29.4. The molecule has 3 N–H and O–H groups in total. The molecule has 0 bridgehead atoms. The Kier molecular flexibility index (Phi) is 4.71.